The van der Waals surface area contributed by atoms with E-state index >= 15 is 0 Å². The maximum atomic E-state index is 6.75. The number of amidine groups is 1. The minimum absolute atomic E-state index is 0.0430. The number of halogens is 1. The van der Waals surface area contributed by atoms with Gasteiger partial charge in [0.1, 0.15) is 23.4 Å². The molecule has 2 heterocycles. The van der Waals surface area contributed by atoms with E-state index < -0.39 is 0 Å². The van der Waals surface area contributed by atoms with Crippen LogP contribution in [0.2, 0.25) is 5.02 Å². The third kappa shape index (κ3) is 2.87. The number of ether oxygens (including phenoxy) is 1. The molecule has 0 saturated carbocycles. The van der Waals surface area contributed by atoms with Gasteiger partial charge < -0.3 is 4.74 Å². The van der Waals surface area contributed by atoms with Gasteiger partial charge in [-0.2, -0.15) is 10.8 Å². The van der Waals surface area contributed by atoms with Crippen LogP contribution in [0.1, 0.15) is 11.1 Å². The minimum atomic E-state index is -0.0430. The van der Waals surface area contributed by atoms with Gasteiger partial charge in [0.2, 0.25) is 5.70 Å². The smallest absolute Gasteiger partial charge is 0.265 e. The van der Waals surface area contributed by atoms with Gasteiger partial charge in [-0.25, -0.2) is 0 Å². The van der Waals surface area contributed by atoms with Crippen molar-refractivity contribution in [2.75, 3.05) is 0 Å². The van der Waals surface area contributed by atoms with Crippen molar-refractivity contribution in [1.82, 2.24) is 0 Å². The van der Waals surface area contributed by atoms with E-state index in [9.17, 15) is 0 Å². The van der Waals surface area contributed by atoms with Crippen LogP contribution in [0.5, 0.6) is 11.5 Å². The van der Waals surface area contributed by atoms with Crippen LogP contribution in [-0.2, 0) is 0 Å². The first-order valence-electron chi connectivity index (χ1n) is 9.21. The molecule has 0 saturated heterocycles. The number of nitrogens with two attached hydrogens (primary N) is 1. The molecule has 2 aromatic carbocycles. The maximum absolute atomic E-state index is 6.75. The monoisotopic (exact) mass is 401 g/mol. The van der Waals surface area contributed by atoms with Crippen molar-refractivity contribution in [2.45, 2.75) is 6.92 Å². The highest BCUT2D eigenvalue weighted by Gasteiger charge is 2.45. The van der Waals surface area contributed by atoms with Gasteiger partial charge in [-0.15, -0.1) is 4.59 Å². The van der Waals surface area contributed by atoms with Gasteiger partial charge in [-0.3, -0.25) is 4.99 Å². The second-order valence-corrected chi connectivity index (χ2v) is 7.43. The van der Waals surface area contributed by atoms with Gasteiger partial charge in [0, 0.05) is 5.57 Å². The fourth-order valence-corrected chi connectivity index (χ4v) is 3.84. The van der Waals surface area contributed by atoms with E-state index in [2.05, 4.69) is 4.99 Å². The van der Waals surface area contributed by atoms with Crippen molar-refractivity contribution in [2.24, 2.45) is 15.8 Å². The lowest BCUT2D eigenvalue weighted by Gasteiger charge is -2.26. The molecule has 29 heavy (non-hydrogen) atoms. The first-order valence-corrected chi connectivity index (χ1v) is 9.58. The molecular formula is C23H18ClN4O+. The number of hydrogen-bond donors (Lipinski definition) is 1. The van der Waals surface area contributed by atoms with Crippen molar-refractivity contribution in [3.05, 3.63) is 106 Å². The van der Waals surface area contributed by atoms with Gasteiger partial charge in [-0.05, 0) is 36.8 Å². The van der Waals surface area contributed by atoms with E-state index in [1.54, 1.807) is 12.4 Å². The molecule has 2 aliphatic heterocycles. The third-order valence-corrected chi connectivity index (χ3v) is 5.35. The highest BCUT2D eigenvalue weighted by molar-refractivity contribution is 6.32. The largest absolute Gasteiger partial charge is 0.456 e. The zero-order valence-electron chi connectivity index (χ0n) is 15.7. The summed E-state index contributed by atoms with van der Waals surface area (Å²) in [6, 6.07) is 13.4. The number of quaternary nitrogens is 1. The van der Waals surface area contributed by atoms with Crippen LogP contribution in [0.15, 0.2) is 100 Å². The molecule has 2 aromatic rings. The number of aryl methyl sites for hydroxylation is 1. The lowest BCUT2D eigenvalue weighted by molar-refractivity contribution is -0.750. The molecule has 0 spiro atoms. The molecule has 3 aliphatic rings. The SMILES string of the molecule is Cc1cc(C2=NC(C3=CC=C3)=C3C=NC=C[N+]23N)cc(Cl)c1Oc1ccccc1. The molecule has 5 rings (SSSR count). The first kappa shape index (κ1) is 17.8. The number of fused-ring (bicyclic) bond motifs is 1. The van der Waals surface area contributed by atoms with Crippen molar-refractivity contribution in [3.8, 4) is 11.5 Å². The second kappa shape index (κ2) is 6.67. The maximum Gasteiger partial charge on any atom is 0.265 e. The van der Waals surface area contributed by atoms with Gasteiger partial charge in [0.15, 0.2) is 0 Å². The Hall–Kier alpha value is -3.25. The molecule has 0 radical (unpaired) electrons. The number of benzene rings is 2. The van der Waals surface area contributed by atoms with Crippen LogP contribution < -0.4 is 10.6 Å². The average Bonchev–Trinajstić information content (AvgIpc) is 2.97. The summed E-state index contributed by atoms with van der Waals surface area (Å²) in [4.78, 5) is 9.12. The van der Waals surface area contributed by atoms with Gasteiger partial charge in [0.05, 0.1) is 23.0 Å². The Morgan fingerprint density at radius 3 is 2.62 bits per heavy atom. The van der Waals surface area contributed by atoms with Crippen LogP contribution in [0, 0.1) is 6.92 Å². The predicted octanol–water partition coefficient (Wildman–Crippen LogP) is 5.15. The molecular weight excluding hydrogens is 384 g/mol. The van der Waals surface area contributed by atoms with Crippen molar-refractivity contribution in [3.63, 3.8) is 0 Å². The number of rotatable bonds is 4. The fourth-order valence-electron chi connectivity index (χ4n) is 3.54. The summed E-state index contributed by atoms with van der Waals surface area (Å²) in [7, 11) is 0. The normalized spacial score (nSPS) is 21.6. The first-order chi connectivity index (χ1) is 14.1. The second-order valence-electron chi connectivity index (χ2n) is 7.02. The molecule has 0 fully saturated rings. The Bertz CT molecular complexity index is 1180. The topological polar surface area (TPSA) is 60.0 Å². The van der Waals surface area contributed by atoms with Crippen LogP contribution in [0.4, 0.5) is 0 Å². The van der Waals surface area contributed by atoms with Crippen LogP contribution in [-0.4, -0.2) is 16.6 Å². The van der Waals surface area contributed by atoms with Gasteiger partial charge in [0.25, 0.3) is 5.84 Å². The Balaban J connectivity index is 1.56. The van der Waals surface area contributed by atoms with E-state index in [0.29, 0.717) is 16.6 Å². The van der Waals surface area contributed by atoms with Crippen molar-refractivity contribution < 1.29 is 9.33 Å². The average molecular weight is 402 g/mol. The quantitative estimate of drug-likeness (QED) is 0.568. The highest BCUT2D eigenvalue weighted by Crippen LogP contribution is 2.39. The number of aliphatic imine (C=N–C) groups is 2. The Labute approximate surface area is 173 Å². The van der Waals surface area contributed by atoms with Crippen molar-refractivity contribution >= 4 is 23.7 Å². The third-order valence-electron chi connectivity index (χ3n) is 5.07. The number of allylic oxidation sites excluding steroid dienone is 4. The molecule has 0 bridgehead atoms. The lowest BCUT2D eigenvalue weighted by atomic mass is 10.0. The summed E-state index contributed by atoms with van der Waals surface area (Å²) in [6.45, 7) is 1.96. The molecule has 142 valence electrons. The van der Waals surface area contributed by atoms with Gasteiger partial charge >= 0.3 is 0 Å². The van der Waals surface area contributed by atoms with E-state index in [4.69, 9.17) is 27.2 Å². The number of nitrogens with zero attached hydrogens (tertiary/aromatic N) is 3. The lowest BCUT2D eigenvalue weighted by Crippen LogP contribution is -2.53. The van der Waals surface area contributed by atoms with E-state index in [-0.39, 0.29) is 4.59 Å². The predicted molar refractivity (Wildman–Crippen MR) is 116 cm³/mol. The van der Waals surface area contributed by atoms with Crippen LogP contribution in [0.3, 0.4) is 0 Å². The van der Waals surface area contributed by atoms with Gasteiger partial charge in [-0.1, -0.05) is 48.0 Å². The number of para-hydroxylation sites is 1. The van der Waals surface area contributed by atoms with Crippen LogP contribution in [0.25, 0.3) is 0 Å². The van der Waals surface area contributed by atoms with Crippen molar-refractivity contribution in [1.29, 1.82) is 0 Å². The summed E-state index contributed by atoms with van der Waals surface area (Å²) in [5.41, 5.74) is 4.44. The molecule has 1 atom stereocenters. The molecule has 0 aromatic heterocycles. The highest BCUT2D eigenvalue weighted by atomic mass is 35.5. The van der Waals surface area contributed by atoms with E-state index in [0.717, 1.165) is 33.8 Å². The summed E-state index contributed by atoms with van der Waals surface area (Å²) in [5, 5.41) is 0.505. The zero-order valence-corrected chi connectivity index (χ0v) is 16.5. The summed E-state index contributed by atoms with van der Waals surface area (Å²) in [6.07, 6.45) is 11.3. The Morgan fingerprint density at radius 1 is 1.14 bits per heavy atom. The molecule has 2 N–H and O–H groups in total. The standard InChI is InChI=1S/C23H18ClN4O/c1-15-12-17(13-19(24)22(15)29-18-8-3-2-4-9-18)23-27-21(16-6-5-7-16)20-14-26-10-11-28(20,23)25/h2-14H,25H2,1H3/q+1. The Kier molecular flexibility index (Phi) is 4.10. The minimum Gasteiger partial charge on any atom is -0.456 e. The molecule has 1 unspecified atom stereocenters. The summed E-state index contributed by atoms with van der Waals surface area (Å²) >= 11 is 6.61. The zero-order chi connectivity index (χ0) is 20.0. The molecule has 1 aliphatic carbocycles. The summed E-state index contributed by atoms with van der Waals surface area (Å²) in [5.74, 6) is 8.80. The fraction of sp³-hybridized carbons (Fsp3) is 0.0435. The Morgan fingerprint density at radius 2 is 1.93 bits per heavy atom. The molecule has 6 heteroatoms. The molecule has 0 amide bonds. The molecule has 5 nitrogen and oxygen atoms in total. The number of hydrogen-bond acceptors (Lipinski definition) is 4. The summed E-state index contributed by atoms with van der Waals surface area (Å²) < 4.78 is 5.96. The van der Waals surface area contributed by atoms with E-state index in [1.165, 1.54) is 0 Å². The van der Waals surface area contributed by atoms with E-state index in [1.807, 2.05) is 73.8 Å². The van der Waals surface area contributed by atoms with Crippen LogP contribution >= 0.6 is 11.6 Å².